The summed E-state index contributed by atoms with van der Waals surface area (Å²) in [5.74, 6) is 0.280. The lowest BCUT2D eigenvalue weighted by molar-refractivity contribution is 0.475. The van der Waals surface area contributed by atoms with Crippen molar-refractivity contribution in [2.75, 3.05) is 11.9 Å². The van der Waals surface area contributed by atoms with Crippen LogP contribution in [0.3, 0.4) is 0 Å². The van der Waals surface area contributed by atoms with Crippen molar-refractivity contribution < 1.29 is 5.11 Å². The molecule has 0 aliphatic rings. The topological polar surface area (TPSA) is 36.4 Å². The van der Waals surface area contributed by atoms with E-state index >= 15 is 0 Å². The van der Waals surface area contributed by atoms with Crippen LogP contribution < -0.4 is 4.90 Å². The minimum atomic E-state index is 0.280. The van der Waals surface area contributed by atoms with E-state index in [1.807, 2.05) is 36.2 Å². The number of benzene rings is 1. The fourth-order valence-electron chi connectivity index (χ4n) is 1.39. The highest BCUT2D eigenvalue weighted by molar-refractivity contribution is 5.62. The van der Waals surface area contributed by atoms with Crippen LogP contribution >= 0.6 is 0 Å². The molecule has 1 aromatic carbocycles. The van der Waals surface area contributed by atoms with Crippen molar-refractivity contribution in [2.45, 2.75) is 0 Å². The number of nitrogens with zero attached hydrogens (tertiary/aromatic N) is 2. The summed E-state index contributed by atoms with van der Waals surface area (Å²) in [6.07, 6.45) is 3.51. The molecular weight excluding hydrogens is 188 g/mol. The number of pyridine rings is 1. The second-order valence-electron chi connectivity index (χ2n) is 3.28. The van der Waals surface area contributed by atoms with Crippen LogP contribution in [0.25, 0.3) is 0 Å². The molecule has 0 saturated heterocycles. The van der Waals surface area contributed by atoms with Crippen molar-refractivity contribution in [3.05, 3.63) is 48.8 Å². The van der Waals surface area contributed by atoms with Gasteiger partial charge < -0.3 is 10.0 Å². The highest BCUT2D eigenvalue weighted by atomic mass is 16.3. The first-order chi connectivity index (χ1) is 7.27. The van der Waals surface area contributed by atoms with Crippen LogP contribution in [0.15, 0.2) is 48.8 Å². The summed E-state index contributed by atoms with van der Waals surface area (Å²) in [6, 6.07) is 11.0. The lowest BCUT2D eigenvalue weighted by Crippen LogP contribution is -2.08. The zero-order valence-electron chi connectivity index (χ0n) is 8.46. The first-order valence-electron chi connectivity index (χ1n) is 4.70. The van der Waals surface area contributed by atoms with Crippen molar-refractivity contribution in [1.29, 1.82) is 0 Å². The Morgan fingerprint density at radius 1 is 0.933 bits per heavy atom. The Hall–Kier alpha value is -2.03. The van der Waals surface area contributed by atoms with Gasteiger partial charge >= 0.3 is 0 Å². The van der Waals surface area contributed by atoms with E-state index in [4.69, 9.17) is 0 Å². The van der Waals surface area contributed by atoms with Gasteiger partial charge in [0.2, 0.25) is 0 Å². The Morgan fingerprint density at radius 3 is 2.07 bits per heavy atom. The molecule has 0 saturated carbocycles. The van der Waals surface area contributed by atoms with Gasteiger partial charge in [0.05, 0.1) is 0 Å². The van der Waals surface area contributed by atoms with Gasteiger partial charge in [-0.05, 0) is 36.4 Å². The third kappa shape index (κ3) is 2.07. The van der Waals surface area contributed by atoms with Gasteiger partial charge in [-0.15, -0.1) is 0 Å². The summed E-state index contributed by atoms with van der Waals surface area (Å²) >= 11 is 0. The lowest BCUT2D eigenvalue weighted by atomic mass is 10.2. The van der Waals surface area contributed by atoms with Crippen molar-refractivity contribution in [3.8, 4) is 5.75 Å². The Balaban J connectivity index is 2.29. The highest BCUT2D eigenvalue weighted by Gasteiger charge is 2.02. The average molecular weight is 200 g/mol. The molecule has 1 heterocycles. The maximum absolute atomic E-state index is 9.18. The van der Waals surface area contributed by atoms with Gasteiger partial charge in [0.25, 0.3) is 0 Å². The second kappa shape index (κ2) is 4.00. The smallest absolute Gasteiger partial charge is 0.115 e. The number of hydrogen-bond donors (Lipinski definition) is 1. The van der Waals surface area contributed by atoms with Gasteiger partial charge in [-0.3, -0.25) is 4.98 Å². The molecule has 0 spiro atoms. The third-order valence-electron chi connectivity index (χ3n) is 2.29. The maximum atomic E-state index is 9.18. The lowest BCUT2D eigenvalue weighted by Gasteiger charge is -2.18. The molecule has 2 rings (SSSR count). The number of aromatic hydroxyl groups is 1. The molecule has 0 radical (unpaired) electrons. The van der Waals surface area contributed by atoms with Crippen molar-refractivity contribution in [3.63, 3.8) is 0 Å². The third-order valence-corrected chi connectivity index (χ3v) is 2.29. The van der Waals surface area contributed by atoms with Crippen molar-refractivity contribution >= 4 is 11.4 Å². The van der Waals surface area contributed by atoms with E-state index in [0.29, 0.717) is 0 Å². The molecule has 1 N–H and O–H groups in total. The van der Waals surface area contributed by atoms with Crippen LogP contribution in [0.2, 0.25) is 0 Å². The Kier molecular flexibility index (Phi) is 2.54. The standard InChI is InChI=1S/C12H12N2O/c1-14(11-6-8-13-9-7-11)10-2-4-12(15)5-3-10/h2-9,15H,1H3. The van der Waals surface area contributed by atoms with Crippen LogP contribution in [-0.2, 0) is 0 Å². The largest absolute Gasteiger partial charge is 0.508 e. The van der Waals surface area contributed by atoms with Gasteiger partial charge in [-0.2, -0.15) is 0 Å². The van der Waals surface area contributed by atoms with Crippen LogP contribution in [0.5, 0.6) is 5.75 Å². The molecule has 2 aromatic rings. The monoisotopic (exact) mass is 200 g/mol. The molecule has 76 valence electrons. The zero-order valence-corrected chi connectivity index (χ0v) is 8.46. The summed E-state index contributed by atoms with van der Waals surface area (Å²) in [5, 5.41) is 9.18. The van der Waals surface area contributed by atoms with Gasteiger partial charge in [0.1, 0.15) is 5.75 Å². The van der Waals surface area contributed by atoms with Crippen LogP contribution in [0.1, 0.15) is 0 Å². The molecule has 3 heteroatoms. The van der Waals surface area contributed by atoms with Crippen LogP contribution in [0, 0.1) is 0 Å². The molecule has 0 aliphatic carbocycles. The fraction of sp³-hybridized carbons (Fsp3) is 0.0833. The molecule has 0 atom stereocenters. The molecule has 0 amide bonds. The SMILES string of the molecule is CN(c1ccncc1)c1ccc(O)cc1. The minimum absolute atomic E-state index is 0.280. The van der Waals surface area contributed by atoms with E-state index in [9.17, 15) is 5.11 Å². The molecule has 1 aromatic heterocycles. The van der Waals surface area contributed by atoms with E-state index in [1.165, 1.54) is 0 Å². The van der Waals surface area contributed by atoms with E-state index in [2.05, 4.69) is 4.98 Å². The van der Waals surface area contributed by atoms with Crippen molar-refractivity contribution in [2.24, 2.45) is 0 Å². The Bertz CT molecular complexity index is 425. The average Bonchev–Trinajstić information content (AvgIpc) is 2.30. The van der Waals surface area contributed by atoms with E-state index in [1.54, 1.807) is 24.5 Å². The van der Waals surface area contributed by atoms with Crippen molar-refractivity contribution in [1.82, 2.24) is 4.98 Å². The van der Waals surface area contributed by atoms with Gasteiger partial charge in [-0.25, -0.2) is 0 Å². The molecule has 0 unspecified atom stereocenters. The summed E-state index contributed by atoms with van der Waals surface area (Å²) in [5.41, 5.74) is 2.09. The summed E-state index contributed by atoms with van der Waals surface area (Å²) in [6.45, 7) is 0. The predicted octanol–water partition coefficient (Wildman–Crippen LogP) is 2.56. The summed E-state index contributed by atoms with van der Waals surface area (Å²) in [4.78, 5) is 6.00. The van der Waals surface area contributed by atoms with Gasteiger partial charge in [0, 0.05) is 30.8 Å². The molecule has 0 aliphatic heterocycles. The van der Waals surface area contributed by atoms with E-state index < -0.39 is 0 Å². The molecule has 15 heavy (non-hydrogen) atoms. The molecule has 3 nitrogen and oxygen atoms in total. The number of phenolic OH excluding ortho intramolecular Hbond substituents is 1. The molecule has 0 bridgehead atoms. The predicted molar refractivity (Wildman–Crippen MR) is 60.4 cm³/mol. The molecule has 0 fully saturated rings. The normalized spacial score (nSPS) is 9.93. The first-order valence-corrected chi connectivity index (χ1v) is 4.70. The maximum Gasteiger partial charge on any atom is 0.115 e. The number of hydrogen-bond acceptors (Lipinski definition) is 3. The second-order valence-corrected chi connectivity index (χ2v) is 3.28. The quantitative estimate of drug-likeness (QED) is 0.809. The summed E-state index contributed by atoms with van der Waals surface area (Å²) < 4.78 is 0. The number of phenols is 1. The Morgan fingerprint density at radius 2 is 1.47 bits per heavy atom. The summed E-state index contributed by atoms with van der Waals surface area (Å²) in [7, 11) is 1.97. The van der Waals surface area contributed by atoms with E-state index in [-0.39, 0.29) is 5.75 Å². The number of aromatic nitrogens is 1. The van der Waals surface area contributed by atoms with Gasteiger partial charge in [0.15, 0.2) is 0 Å². The minimum Gasteiger partial charge on any atom is -0.508 e. The zero-order chi connectivity index (χ0) is 10.7. The van der Waals surface area contributed by atoms with Crippen LogP contribution in [0.4, 0.5) is 11.4 Å². The van der Waals surface area contributed by atoms with Gasteiger partial charge in [-0.1, -0.05) is 0 Å². The van der Waals surface area contributed by atoms with E-state index in [0.717, 1.165) is 11.4 Å². The fourth-order valence-corrected chi connectivity index (χ4v) is 1.39. The first kappa shape index (κ1) is 9.52. The highest BCUT2D eigenvalue weighted by Crippen LogP contribution is 2.24. The Labute approximate surface area is 88.6 Å². The number of anilines is 2. The van der Waals surface area contributed by atoms with Crippen LogP contribution in [-0.4, -0.2) is 17.1 Å². The number of rotatable bonds is 2. The molecular formula is C12H12N2O.